The molecule has 52 valence electrons. The first kappa shape index (κ1) is 9.62. The van der Waals surface area contributed by atoms with E-state index in [1.807, 2.05) is 13.8 Å². The zero-order chi connectivity index (χ0) is 7.44. The largest absolute Gasteiger partial charge is 0.292 e. The molecule has 0 unspecified atom stereocenters. The first-order valence-electron chi connectivity index (χ1n) is 2.55. The Bertz CT molecular complexity index is 156. The summed E-state index contributed by atoms with van der Waals surface area (Å²) in [4.78, 5) is 4.03. The van der Waals surface area contributed by atoms with Gasteiger partial charge in [0, 0.05) is 20.8 Å². The number of allylic oxidation sites excluding steroid dienone is 2. The maximum atomic E-state index is 4.03. The molecule has 0 fully saturated rings. The molecule has 0 rings (SSSR count). The van der Waals surface area contributed by atoms with Crippen LogP contribution < -0.4 is 0 Å². The van der Waals surface area contributed by atoms with Crippen molar-refractivity contribution in [3.63, 3.8) is 0 Å². The molecule has 1 nitrogen and oxygen atoms in total. The van der Waals surface area contributed by atoms with E-state index in [-0.39, 0.29) is 0 Å². The van der Waals surface area contributed by atoms with Crippen LogP contribution in [0.25, 0.3) is 0 Å². The molecule has 0 aliphatic carbocycles. The first-order chi connectivity index (χ1) is 4.09. The molecule has 0 spiro atoms. The van der Waals surface area contributed by atoms with E-state index in [2.05, 4.69) is 43.5 Å². The molecule has 0 bridgehead atoms. The van der Waals surface area contributed by atoms with Crippen LogP contribution >= 0.6 is 38.5 Å². The van der Waals surface area contributed by atoms with Gasteiger partial charge >= 0.3 is 0 Å². The second kappa shape index (κ2) is 4.44. The molecule has 0 N–H and O–H groups in total. The summed E-state index contributed by atoms with van der Waals surface area (Å²) in [5.74, 6) is 0. The SMILES string of the molecule is C/N=C(C)\C(I)=C(/C)Br. The highest BCUT2D eigenvalue weighted by Gasteiger charge is 1.96. The van der Waals surface area contributed by atoms with E-state index >= 15 is 0 Å². The van der Waals surface area contributed by atoms with Gasteiger partial charge < -0.3 is 0 Å². The lowest BCUT2D eigenvalue weighted by molar-refractivity contribution is 1.43. The maximum Gasteiger partial charge on any atom is 0.0455 e. The summed E-state index contributed by atoms with van der Waals surface area (Å²) in [5, 5.41) is 0. The van der Waals surface area contributed by atoms with E-state index in [4.69, 9.17) is 0 Å². The molecule has 9 heavy (non-hydrogen) atoms. The van der Waals surface area contributed by atoms with Crippen LogP contribution in [-0.4, -0.2) is 12.8 Å². The van der Waals surface area contributed by atoms with E-state index in [0.717, 1.165) is 10.2 Å². The molecule has 0 amide bonds. The number of hydrogen-bond acceptors (Lipinski definition) is 1. The lowest BCUT2D eigenvalue weighted by Crippen LogP contribution is -1.89. The molecule has 3 heteroatoms. The van der Waals surface area contributed by atoms with Gasteiger partial charge in [0.05, 0.1) is 0 Å². The van der Waals surface area contributed by atoms with Gasteiger partial charge in [0.2, 0.25) is 0 Å². The topological polar surface area (TPSA) is 12.4 Å². The van der Waals surface area contributed by atoms with Crippen molar-refractivity contribution >= 4 is 44.2 Å². The average molecular weight is 302 g/mol. The lowest BCUT2D eigenvalue weighted by Gasteiger charge is -1.96. The summed E-state index contributed by atoms with van der Waals surface area (Å²) in [7, 11) is 1.80. The van der Waals surface area contributed by atoms with Crippen molar-refractivity contribution in [3.8, 4) is 0 Å². The lowest BCUT2D eigenvalue weighted by atomic mass is 10.4. The molecule has 0 aromatic heterocycles. The van der Waals surface area contributed by atoms with Crippen molar-refractivity contribution in [2.24, 2.45) is 4.99 Å². The fourth-order valence-corrected chi connectivity index (χ4v) is 0.876. The molecule has 0 saturated carbocycles. The second-order valence-corrected chi connectivity index (χ2v) is 3.92. The Morgan fingerprint density at radius 3 is 2.00 bits per heavy atom. The van der Waals surface area contributed by atoms with E-state index in [1.165, 1.54) is 3.58 Å². The minimum atomic E-state index is 1.07. The zero-order valence-corrected chi connectivity index (χ0v) is 9.45. The summed E-state index contributed by atoms with van der Waals surface area (Å²) in [6.07, 6.45) is 0. The zero-order valence-electron chi connectivity index (χ0n) is 5.70. The number of nitrogens with zero attached hydrogens (tertiary/aromatic N) is 1. The van der Waals surface area contributed by atoms with Crippen LogP contribution in [0.3, 0.4) is 0 Å². The van der Waals surface area contributed by atoms with Gasteiger partial charge in [0.1, 0.15) is 0 Å². The van der Waals surface area contributed by atoms with Crippen LogP contribution in [0.2, 0.25) is 0 Å². The number of aliphatic imine (C=N–C) groups is 1. The predicted molar refractivity (Wildman–Crippen MR) is 54.7 cm³/mol. The highest BCUT2D eigenvalue weighted by Crippen LogP contribution is 2.18. The summed E-state index contributed by atoms with van der Waals surface area (Å²) in [6, 6.07) is 0. The molecule has 0 heterocycles. The highest BCUT2D eigenvalue weighted by atomic mass is 127. The molecular formula is C6H9BrIN. The molecule has 0 aliphatic rings. The van der Waals surface area contributed by atoms with Gasteiger partial charge in [-0.1, -0.05) is 15.9 Å². The van der Waals surface area contributed by atoms with Crippen LogP contribution in [0.1, 0.15) is 13.8 Å². The maximum absolute atomic E-state index is 4.03. The minimum absolute atomic E-state index is 1.07. The van der Waals surface area contributed by atoms with Crippen LogP contribution in [-0.2, 0) is 0 Å². The van der Waals surface area contributed by atoms with Gasteiger partial charge in [-0.2, -0.15) is 0 Å². The van der Waals surface area contributed by atoms with Gasteiger partial charge in [0.15, 0.2) is 0 Å². The number of rotatable bonds is 1. The fourth-order valence-electron chi connectivity index (χ4n) is 0.347. The van der Waals surface area contributed by atoms with Gasteiger partial charge in [0.25, 0.3) is 0 Å². The summed E-state index contributed by atoms with van der Waals surface area (Å²) < 4.78 is 2.33. The van der Waals surface area contributed by atoms with Crippen molar-refractivity contribution in [1.82, 2.24) is 0 Å². The average Bonchev–Trinajstić information content (AvgIpc) is 1.84. The van der Waals surface area contributed by atoms with E-state index in [1.54, 1.807) is 7.05 Å². The standard InChI is InChI=1S/C6H9BrIN/c1-4(7)6(8)5(2)9-3/h1-3H3/b6-4-,9-5-. The Morgan fingerprint density at radius 1 is 1.44 bits per heavy atom. The molecule has 0 aromatic rings. The summed E-state index contributed by atoms with van der Waals surface area (Å²) in [6.45, 7) is 4.00. The Balaban J connectivity index is 4.40. The van der Waals surface area contributed by atoms with E-state index in [0.29, 0.717) is 0 Å². The number of hydrogen-bond donors (Lipinski definition) is 0. The Hall–Kier alpha value is 0.620. The smallest absolute Gasteiger partial charge is 0.0455 e. The molecule has 0 atom stereocenters. The second-order valence-electron chi connectivity index (χ2n) is 1.66. The highest BCUT2D eigenvalue weighted by molar-refractivity contribution is 14.1. The van der Waals surface area contributed by atoms with Crippen molar-refractivity contribution < 1.29 is 0 Å². The Morgan fingerprint density at radius 2 is 1.89 bits per heavy atom. The van der Waals surface area contributed by atoms with Gasteiger partial charge in [-0.15, -0.1) is 0 Å². The molecule has 0 radical (unpaired) electrons. The molecular weight excluding hydrogens is 293 g/mol. The van der Waals surface area contributed by atoms with Crippen LogP contribution in [0.4, 0.5) is 0 Å². The van der Waals surface area contributed by atoms with Crippen molar-refractivity contribution in [2.75, 3.05) is 7.05 Å². The van der Waals surface area contributed by atoms with Crippen LogP contribution in [0, 0.1) is 0 Å². The van der Waals surface area contributed by atoms with Crippen LogP contribution in [0.15, 0.2) is 13.1 Å². The third-order valence-electron chi connectivity index (χ3n) is 0.956. The quantitative estimate of drug-likeness (QED) is 0.521. The van der Waals surface area contributed by atoms with Gasteiger partial charge in [-0.05, 0) is 36.4 Å². The van der Waals surface area contributed by atoms with E-state index in [9.17, 15) is 0 Å². The molecule has 0 saturated heterocycles. The van der Waals surface area contributed by atoms with Crippen molar-refractivity contribution in [3.05, 3.63) is 8.06 Å². The summed E-state index contributed by atoms with van der Waals surface area (Å²) in [5.41, 5.74) is 1.07. The van der Waals surface area contributed by atoms with Crippen molar-refractivity contribution in [2.45, 2.75) is 13.8 Å². The normalized spacial score (nSPS) is 15.4. The fraction of sp³-hybridized carbons (Fsp3) is 0.500. The minimum Gasteiger partial charge on any atom is -0.292 e. The summed E-state index contributed by atoms with van der Waals surface area (Å²) >= 11 is 5.63. The van der Waals surface area contributed by atoms with Crippen molar-refractivity contribution in [1.29, 1.82) is 0 Å². The molecule has 0 aromatic carbocycles. The first-order valence-corrected chi connectivity index (χ1v) is 4.42. The molecule has 0 aliphatic heterocycles. The third-order valence-corrected chi connectivity index (χ3v) is 3.68. The third kappa shape index (κ3) is 3.35. The van der Waals surface area contributed by atoms with Gasteiger partial charge in [-0.25, -0.2) is 0 Å². The number of halogens is 2. The Labute approximate surface area is 77.9 Å². The van der Waals surface area contributed by atoms with Crippen LogP contribution in [0.5, 0.6) is 0 Å². The monoisotopic (exact) mass is 301 g/mol. The van der Waals surface area contributed by atoms with Gasteiger partial charge in [-0.3, -0.25) is 4.99 Å². The van der Waals surface area contributed by atoms with E-state index < -0.39 is 0 Å². The predicted octanol–water partition coefficient (Wildman–Crippen LogP) is 3.14. The Kier molecular flexibility index (Phi) is 4.74.